The molecule has 0 saturated carbocycles. The molecule has 156 valence electrons. The first-order valence-corrected chi connectivity index (χ1v) is 10.6. The van der Waals surface area contributed by atoms with E-state index in [4.69, 9.17) is 9.47 Å². The van der Waals surface area contributed by atoms with Crippen LogP contribution < -0.4 is 15.6 Å². The van der Waals surface area contributed by atoms with Crippen molar-refractivity contribution in [2.45, 2.75) is 43.6 Å². The lowest BCUT2D eigenvalue weighted by Crippen LogP contribution is -2.36. The second-order valence-corrected chi connectivity index (χ2v) is 9.05. The third-order valence-electron chi connectivity index (χ3n) is 5.39. The van der Waals surface area contributed by atoms with Crippen LogP contribution in [0.1, 0.15) is 49.1 Å². The fourth-order valence-electron chi connectivity index (χ4n) is 4.03. The molecule has 2 aromatic rings. The Hall–Kier alpha value is -2.26. The number of benzene rings is 1. The number of anilines is 1. The molecule has 2 aliphatic heterocycles. The lowest BCUT2D eigenvalue weighted by Gasteiger charge is -2.36. The largest absolute Gasteiger partial charge is 0.497 e. The maximum atomic E-state index is 14.8. The number of thioether (sulfide) groups is 1. The Morgan fingerprint density at radius 3 is 2.83 bits per heavy atom. The van der Waals surface area contributed by atoms with Gasteiger partial charge >= 0.3 is 0 Å². The van der Waals surface area contributed by atoms with Crippen LogP contribution in [0.15, 0.2) is 23.0 Å². The molecular weight excluding hydrogens is 397 g/mol. The van der Waals surface area contributed by atoms with Crippen LogP contribution in [0.5, 0.6) is 5.75 Å². The number of ether oxygens (including phenoxy) is 2. The normalized spacial score (nSPS) is 23.8. The Labute approximate surface area is 171 Å². The number of halogens is 1. The molecule has 9 heteroatoms. The van der Waals surface area contributed by atoms with E-state index < -0.39 is 11.1 Å². The van der Waals surface area contributed by atoms with Gasteiger partial charge in [0.25, 0.3) is 5.56 Å². The van der Waals surface area contributed by atoms with Crippen molar-refractivity contribution in [3.63, 3.8) is 0 Å². The number of hydrogen-bond acceptors (Lipinski definition) is 5. The van der Waals surface area contributed by atoms with Crippen molar-refractivity contribution in [3.05, 3.63) is 45.5 Å². The summed E-state index contributed by atoms with van der Waals surface area (Å²) in [5.41, 5.74) is 0.0691. The zero-order chi connectivity index (χ0) is 20.8. The number of aromatic nitrogens is 2. The van der Waals surface area contributed by atoms with Crippen LogP contribution in [0.4, 0.5) is 10.2 Å². The molecule has 0 aliphatic carbocycles. The number of nitrogens with one attached hydrogen (secondary N) is 2. The van der Waals surface area contributed by atoms with E-state index in [0.29, 0.717) is 42.1 Å². The zero-order valence-corrected chi connectivity index (χ0v) is 17.4. The monoisotopic (exact) mass is 421 g/mol. The van der Waals surface area contributed by atoms with Crippen LogP contribution >= 0.6 is 11.8 Å². The fourth-order valence-corrected chi connectivity index (χ4v) is 5.18. The van der Waals surface area contributed by atoms with Crippen molar-refractivity contribution >= 4 is 23.5 Å². The topological polar surface area (TPSA) is 85.4 Å². The minimum Gasteiger partial charge on any atom is -0.497 e. The van der Waals surface area contributed by atoms with Gasteiger partial charge in [-0.05, 0) is 32.8 Å². The quantitative estimate of drug-likeness (QED) is 0.795. The number of carbonyl (C=O) groups is 1. The number of methoxy groups -OCH3 is 1. The SMILES string of the molecule is COc1ccc([C@H]2SCC(=O)Nc3c2c(=O)[nH]n3[C@H]2CCOC(C)(C)C2)c(F)c1. The van der Waals surface area contributed by atoms with Gasteiger partial charge in [-0.15, -0.1) is 11.8 Å². The molecule has 0 radical (unpaired) electrons. The summed E-state index contributed by atoms with van der Waals surface area (Å²) in [6.07, 6.45) is 1.40. The lowest BCUT2D eigenvalue weighted by molar-refractivity contribution is -0.113. The van der Waals surface area contributed by atoms with Crippen molar-refractivity contribution < 1.29 is 18.7 Å². The number of amides is 1. The molecule has 0 spiro atoms. The Morgan fingerprint density at radius 2 is 2.14 bits per heavy atom. The minimum absolute atomic E-state index is 0.0278. The maximum Gasteiger partial charge on any atom is 0.270 e. The van der Waals surface area contributed by atoms with Gasteiger partial charge in [0.2, 0.25) is 5.91 Å². The molecule has 1 aromatic heterocycles. The van der Waals surface area contributed by atoms with Crippen molar-refractivity contribution in [2.24, 2.45) is 0 Å². The number of fused-ring (bicyclic) bond motifs is 1. The van der Waals surface area contributed by atoms with Crippen molar-refractivity contribution in [2.75, 3.05) is 24.8 Å². The van der Waals surface area contributed by atoms with E-state index in [1.165, 1.54) is 24.9 Å². The second kappa shape index (κ2) is 7.53. The highest BCUT2D eigenvalue weighted by atomic mass is 32.2. The summed E-state index contributed by atoms with van der Waals surface area (Å²) in [7, 11) is 1.47. The smallest absolute Gasteiger partial charge is 0.270 e. The van der Waals surface area contributed by atoms with Crippen LogP contribution in [-0.2, 0) is 9.53 Å². The Balaban J connectivity index is 1.81. The average molecular weight is 421 g/mol. The molecule has 0 unspecified atom stereocenters. The van der Waals surface area contributed by atoms with Crippen LogP contribution in [0, 0.1) is 5.82 Å². The van der Waals surface area contributed by atoms with Crippen LogP contribution in [-0.4, -0.2) is 40.8 Å². The predicted octanol–water partition coefficient (Wildman–Crippen LogP) is 3.23. The molecule has 7 nitrogen and oxygen atoms in total. The minimum atomic E-state index is -0.604. The highest BCUT2D eigenvalue weighted by Crippen LogP contribution is 2.43. The van der Waals surface area contributed by atoms with Crippen LogP contribution in [0.3, 0.4) is 0 Å². The summed E-state index contributed by atoms with van der Waals surface area (Å²) in [4.78, 5) is 25.3. The summed E-state index contributed by atoms with van der Waals surface area (Å²) in [5, 5.41) is 5.14. The number of H-pyrrole nitrogens is 1. The van der Waals surface area contributed by atoms with Gasteiger partial charge in [-0.2, -0.15) is 0 Å². The molecular formula is C20H24FN3O4S. The molecule has 2 aliphatic rings. The molecule has 1 amide bonds. The van der Waals surface area contributed by atoms with Gasteiger partial charge in [-0.1, -0.05) is 6.07 Å². The molecule has 1 fully saturated rings. The number of carbonyl (C=O) groups excluding carboxylic acids is 1. The maximum absolute atomic E-state index is 14.8. The lowest BCUT2D eigenvalue weighted by atomic mass is 9.94. The first kappa shape index (κ1) is 20.0. The molecule has 3 heterocycles. The predicted molar refractivity (Wildman–Crippen MR) is 109 cm³/mol. The van der Waals surface area contributed by atoms with E-state index >= 15 is 0 Å². The van der Waals surface area contributed by atoms with Gasteiger partial charge < -0.3 is 14.8 Å². The summed E-state index contributed by atoms with van der Waals surface area (Å²) in [6, 6.07) is 4.53. The summed E-state index contributed by atoms with van der Waals surface area (Å²) in [5.74, 6) is 0.264. The Bertz CT molecular complexity index is 1000. The van der Waals surface area contributed by atoms with Gasteiger partial charge in [0.15, 0.2) is 0 Å². The van der Waals surface area contributed by atoms with E-state index in [0.717, 1.165) is 0 Å². The number of hydrogen-bond donors (Lipinski definition) is 2. The average Bonchev–Trinajstić information content (AvgIpc) is 2.87. The van der Waals surface area contributed by atoms with Gasteiger partial charge in [0.05, 0.1) is 35.3 Å². The summed E-state index contributed by atoms with van der Waals surface area (Å²) < 4.78 is 27.4. The van der Waals surface area contributed by atoms with Crippen molar-refractivity contribution in [3.8, 4) is 5.75 Å². The third kappa shape index (κ3) is 3.81. The van der Waals surface area contributed by atoms with E-state index in [1.54, 1.807) is 16.8 Å². The van der Waals surface area contributed by atoms with Gasteiger partial charge in [-0.25, -0.2) is 4.39 Å². The Morgan fingerprint density at radius 1 is 1.34 bits per heavy atom. The molecule has 2 N–H and O–H groups in total. The third-order valence-corrected chi connectivity index (χ3v) is 6.64. The van der Waals surface area contributed by atoms with Gasteiger partial charge in [0.1, 0.15) is 17.4 Å². The molecule has 1 aromatic carbocycles. The van der Waals surface area contributed by atoms with E-state index in [2.05, 4.69) is 10.4 Å². The highest BCUT2D eigenvalue weighted by Gasteiger charge is 2.36. The molecule has 1 saturated heterocycles. The zero-order valence-electron chi connectivity index (χ0n) is 16.6. The molecule has 29 heavy (non-hydrogen) atoms. The number of nitrogens with zero attached hydrogens (tertiary/aromatic N) is 1. The van der Waals surface area contributed by atoms with Crippen molar-refractivity contribution in [1.82, 2.24) is 9.78 Å². The molecule has 2 atom stereocenters. The second-order valence-electron chi connectivity index (χ2n) is 7.95. The van der Waals surface area contributed by atoms with E-state index in [1.807, 2.05) is 13.8 Å². The fraction of sp³-hybridized carbons (Fsp3) is 0.500. The first-order valence-electron chi connectivity index (χ1n) is 9.52. The highest BCUT2D eigenvalue weighted by molar-refractivity contribution is 8.00. The van der Waals surface area contributed by atoms with Crippen LogP contribution in [0.25, 0.3) is 0 Å². The molecule has 0 bridgehead atoms. The standard InChI is InChI=1S/C20H24FN3O4S/c1-20(2)9-11(6-7-28-20)24-18-16(19(26)23-24)17(29-10-15(25)22-18)13-5-4-12(27-3)8-14(13)21/h4-5,8,11,17H,6-7,9-10H2,1-3H3,(H,22,25)(H,23,26)/t11-,17+/m0/s1. The van der Waals surface area contributed by atoms with E-state index in [-0.39, 0.29) is 28.9 Å². The van der Waals surface area contributed by atoms with Gasteiger partial charge in [0, 0.05) is 18.2 Å². The molecule has 4 rings (SSSR count). The van der Waals surface area contributed by atoms with E-state index in [9.17, 15) is 14.0 Å². The van der Waals surface area contributed by atoms with Crippen molar-refractivity contribution in [1.29, 1.82) is 0 Å². The number of rotatable bonds is 3. The summed E-state index contributed by atoms with van der Waals surface area (Å²) >= 11 is 1.24. The van der Waals surface area contributed by atoms with Crippen LogP contribution in [0.2, 0.25) is 0 Å². The number of aromatic amines is 1. The summed E-state index contributed by atoms with van der Waals surface area (Å²) in [6.45, 7) is 4.57. The Kier molecular flexibility index (Phi) is 5.20. The first-order chi connectivity index (χ1) is 13.8. The van der Waals surface area contributed by atoms with Gasteiger partial charge in [-0.3, -0.25) is 19.4 Å².